The largest absolute Gasteiger partial charge is 0.573 e. The summed E-state index contributed by atoms with van der Waals surface area (Å²) in [6, 6.07) is 11.2. The fraction of sp³-hybridized carbons (Fsp3) is 0.300. The molecule has 0 aliphatic carbocycles. The topological polar surface area (TPSA) is 47.4 Å². The van der Waals surface area contributed by atoms with Crippen LogP contribution in [0.5, 0.6) is 5.75 Å². The van der Waals surface area contributed by atoms with E-state index in [1.165, 1.54) is 12.1 Å². The number of aromatic nitrogens is 2. The number of benzene rings is 2. The molecule has 146 valence electrons. The van der Waals surface area contributed by atoms with Crippen LogP contribution in [-0.4, -0.2) is 39.8 Å². The molecule has 1 aromatic heterocycles. The van der Waals surface area contributed by atoms with Crippen LogP contribution in [-0.2, 0) is 11.3 Å². The number of amides is 1. The quantitative estimate of drug-likeness (QED) is 0.671. The average Bonchev–Trinajstić information content (AvgIpc) is 3.31. The second-order valence-corrected chi connectivity index (χ2v) is 6.71. The molecule has 2 aromatic carbocycles. The maximum atomic E-state index is 12.7. The second kappa shape index (κ2) is 7.18. The summed E-state index contributed by atoms with van der Waals surface area (Å²) in [6.45, 7) is 1.76. The smallest absolute Gasteiger partial charge is 0.405 e. The van der Waals surface area contributed by atoms with Crippen LogP contribution in [0.3, 0.4) is 0 Å². The number of carbonyl (C=O) groups is 1. The lowest BCUT2D eigenvalue weighted by Gasteiger charge is -2.16. The van der Waals surface area contributed by atoms with Crippen molar-refractivity contribution in [3.8, 4) is 16.9 Å². The van der Waals surface area contributed by atoms with Crippen LogP contribution < -0.4 is 4.74 Å². The maximum Gasteiger partial charge on any atom is 0.573 e. The number of fused-ring (bicyclic) bond motifs is 1. The van der Waals surface area contributed by atoms with E-state index in [-0.39, 0.29) is 18.2 Å². The molecule has 0 atom stereocenters. The molecule has 0 bridgehead atoms. The summed E-state index contributed by atoms with van der Waals surface area (Å²) >= 11 is 0. The van der Waals surface area contributed by atoms with Crippen molar-refractivity contribution in [3.63, 3.8) is 0 Å². The Morgan fingerprint density at radius 1 is 1.11 bits per heavy atom. The normalized spacial score (nSPS) is 14.6. The Morgan fingerprint density at radius 3 is 2.61 bits per heavy atom. The van der Waals surface area contributed by atoms with E-state index in [9.17, 15) is 18.0 Å². The third kappa shape index (κ3) is 3.81. The van der Waals surface area contributed by atoms with Crippen LogP contribution in [0.25, 0.3) is 22.2 Å². The van der Waals surface area contributed by atoms with Crippen molar-refractivity contribution < 1.29 is 22.7 Å². The monoisotopic (exact) mass is 389 g/mol. The summed E-state index contributed by atoms with van der Waals surface area (Å²) in [7, 11) is 0. The van der Waals surface area contributed by atoms with Crippen molar-refractivity contribution in [2.24, 2.45) is 0 Å². The zero-order valence-corrected chi connectivity index (χ0v) is 14.9. The van der Waals surface area contributed by atoms with Gasteiger partial charge in [-0.15, -0.1) is 13.2 Å². The van der Waals surface area contributed by atoms with E-state index in [2.05, 4.69) is 9.72 Å². The van der Waals surface area contributed by atoms with Gasteiger partial charge in [-0.2, -0.15) is 0 Å². The van der Waals surface area contributed by atoms with Crippen LogP contribution >= 0.6 is 0 Å². The number of carbonyl (C=O) groups excluding carboxylic acids is 1. The number of alkyl halides is 3. The van der Waals surface area contributed by atoms with Gasteiger partial charge in [-0.3, -0.25) is 4.79 Å². The Bertz CT molecular complexity index is 1010. The third-order valence-electron chi connectivity index (χ3n) is 4.81. The summed E-state index contributed by atoms with van der Waals surface area (Å²) in [5.41, 5.74) is 2.24. The molecule has 3 aromatic rings. The van der Waals surface area contributed by atoms with E-state index >= 15 is 0 Å². The number of likely N-dealkylation sites (tertiary alicyclic amines) is 1. The minimum absolute atomic E-state index is 0.0461. The summed E-state index contributed by atoms with van der Waals surface area (Å²) in [4.78, 5) is 18.5. The number of para-hydroxylation sites is 1. The van der Waals surface area contributed by atoms with Crippen LogP contribution in [0, 0.1) is 0 Å². The lowest BCUT2D eigenvalue weighted by Crippen LogP contribution is -2.30. The average molecular weight is 389 g/mol. The van der Waals surface area contributed by atoms with Gasteiger partial charge in [0.05, 0.1) is 17.4 Å². The molecule has 0 spiro atoms. The Balaban J connectivity index is 1.62. The van der Waals surface area contributed by atoms with Crippen LogP contribution in [0.4, 0.5) is 13.2 Å². The zero-order chi connectivity index (χ0) is 19.7. The van der Waals surface area contributed by atoms with Crippen LogP contribution in [0.15, 0.2) is 48.8 Å². The number of halogens is 3. The van der Waals surface area contributed by atoms with Crippen LogP contribution in [0.2, 0.25) is 0 Å². The van der Waals surface area contributed by atoms with E-state index in [4.69, 9.17) is 0 Å². The first-order valence-electron chi connectivity index (χ1n) is 8.98. The lowest BCUT2D eigenvalue weighted by atomic mass is 10.0. The molecule has 1 fully saturated rings. The molecular weight excluding hydrogens is 371 g/mol. The maximum absolute atomic E-state index is 12.7. The molecule has 0 N–H and O–H groups in total. The Kier molecular flexibility index (Phi) is 4.70. The molecule has 5 nitrogen and oxygen atoms in total. The van der Waals surface area contributed by atoms with Crippen molar-refractivity contribution in [2.45, 2.75) is 25.7 Å². The highest BCUT2D eigenvalue weighted by Crippen LogP contribution is 2.34. The van der Waals surface area contributed by atoms with E-state index in [1.54, 1.807) is 41.2 Å². The van der Waals surface area contributed by atoms with Gasteiger partial charge < -0.3 is 14.2 Å². The molecule has 0 radical (unpaired) electrons. The predicted octanol–water partition coefficient (Wildman–Crippen LogP) is 4.22. The highest BCUT2D eigenvalue weighted by molar-refractivity contribution is 5.85. The molecule has 1 aliphatic rings. The lowest BCUT2D eigenvalue weighted by molar-refractivity contribution is -0.274. The molecule has 2 heterocycles. The van der Waals surface area contributed by atoms with E-state index in [0.29, 0.717) is 16.6 Å². The SMILES string of the molecule is O=C(Cn1cnc2cc(-c3ccccc3OC(F)(F)F)ccc21)N1CCCC1. The van der Waals surface area contributed by atoms with Gasteiger partial charge in [-0.1, -0.05) is 24.3 Å². The van der Waals surface area contributed by atoms with Crippen LogP contribution in [0.1, 0.15) is 12.8 Å². The van der Waals surface area contributed by atoms with Crippen molar-refractivity contribution in [2.75, 3.05) is 13.1 Å². The highest BCUT2D eigenvalue weighted by Gasteiger charge is 2.32. The number of rotatable bonds is 4. The van der Waals surface area contributed by atoms with E-state index in [1.807, 2.05) is 4.90 Å². The van der Waals surface area contributed by atoms with Crippen molar-refractivity contribution in [3.05, 3.63) is 48.8 Å². The molecule has 0 unspecified atom stereocenters. The Morgan fingerprint density at radius 2 is 1.86 bits per heavy atom. The second-order valence-electron chi connectivity index (χ2n) is 6.71. The minimum Gasteiger partial charge on any atom is -0.405 e. The fourth-order valence-electron chi connectivity index (χ4n) is 3.49. The first kappa shape index (κ1) is 18.3. The standard InChI is InChI=1S/C20H18F3N3O2/c21-20(22,23)28-18-6-2-1-5-15(18)14-7-8-17-16(11-14)24-13-26(17)12-19(27)25-9-3-4-10-25/h1-2,5-8,11,13H,3-4,9-10,12H2. The number of hydrogen-bond acceptors (Lipinski definition) is 3. The van der Waals surface area contributed by atoms with Crippen molar-refractivity contribution in [1.29, 1.82) is 0 Å². The number of hydrogen-bond donors (Lipinski definition) is 0. The molecule has 28 heavy (non-hydrogen) atoms. The molecule has 4 rings (SSSR count). The molecule has 1 amide bonds. The molecule has 0 saturated carbocycles. The summed E-state index contributed by atoms with van der Waals surface area (Å²) in [6.07, 6.45) is -1.13. The first-order chi connectivity index (χ1) is 13.4. The van der Waals surface area contributed by atoms with Gasteiger partial charge in [-0.05, 0) is 36.6 Å². The molecule has 1 saturated heterocycles. The fourth-order valence-corrected chi connectivity index (χ4v) is 3.49. The highest BCUT2D eigenvalue weighted by atomic mass is 19.4. The third-order valence-corrected chi connectivity index (χ3v) is 4.81. The summed E-state index contributed by atoms with van der Waals surface area (Å²) in [5.74, 6) is -0.220. The van der Waals surface area contributed by atoms with Crippen molar-refractivity contribution in [1.82, 2.24) is 14.5 Å². The molecular formula is C20H18F3N3O2. The van der Waals surface area contributed by atoms with E-state index in [0.717, 1.165) is 31.4 Å². The minimum atomic E-state index is -4.77. The zero-order valence-electron chi connectivity index (χ0n) is 14.9. The van der Waals surface area contributed by atoms with Crippen molar-refractivity contribution >= 4 is 16.9 Å². The predicted molar refractivity (Wildman–Crippen MR) is 97.7 cm³/mol. The van der Waals surface area contributed by atoms with E-state index < -0.39 is 6.36 Å². The summed E-state index contributed by atoms with van der Waals surface area (Å²) < 4.78 is 43.9. The Hall–Kier alpha value is -3.03. The number of ether oxygens (including phenoxy) is 1. The number of nitrogens with zero attached hydrogens (tertiary/aromatic N) is 3. The number of imidazole rings is 1. The van der Waals surface area contributed by atoms with Gasteiger partial charge >= 0.3 is 6.36 Å². The van der Waals surface area contributed by atoms with Gasteiger partial charge in [0.2, 0.25) is 5.91 Å². The van der Waals surface area contributed by atoms with Gasteiger partial charge in [0.1, 0.15) is 12.3 Å². The van der Waals surface area contributed by atoms with Gasteiger partial charge in [0.15, 0.2) is 0 Å². The Labute approximate surface area is 159 Å². The summed E-state index contributed by atoms with van der Waals surface area (Å²) in [5, 5.41) is 0. The van der Waals surface area contributed by atoms with Gasteiger partial charge in [0.25, 0.3) is 0 Å². The molecule has 1 aliphatic heterocycles. The first-order valence-corrected chi connectivity index (χ1v) is 8.98. The van der Waals surface area contributed by atoms with Gasteiger partial charge in [0, 0.05) is 18.7 Å². The van der Waals surface area contributed by atoms with Gasteiger partial charge in [-0.25, -0.2) is 4.98 Å². The molecule has 8 heteroatoms.